The predicted octanol–water partition coefficient (Wildman–Crippen LogP) is 3.18. The van der Waals surface area contributed by atoms with E-state index in [1.807, 2.05) is 11.3 Å². The highest BCUT2D eigenvalue weighted by Gasteiger charge is 2.64. The highest BCUT2D eigenvalue weighted by Crippen LogP contribution is 2.71. The fourth-order valence-corrected chi connectivity index (χ4v) is 4.13. The molecule has 2 aliphatic carbocycles. The average Bonchev–Trinajstić information content (AvgIpc) is 3.05. The molecule has 2 N–H and O–H groups in total. The van der Waals surface area contributed by atoms with Crippen LogP contribution in [0.4, 0.5) is 0 Å². The molecule has 0 bridgehead atoms. The summed E-state index contributed by atoms with van der Waals surface area (Å²) in [6.45, 7) is 0. The summed E-state index contributed by atoms with van der Waals surface area (Å²) < 4.78 is 1.24. The summed E-state index contributed by atoms with van der Waals surface area (Å²) in [6.07, 6.45) is 5.34. The molecule has 1 heterocycles. The van der Waals surface area contributed by atoms with Gasteiger partial charge in [0, 0.05) is 15.4 Å². The molecule has 1 aromatic heterocycles. The lowest BCUT2D eigenvalue weighted by Crippen LogP contribution is -2.26. The molecule has 0 radical (unpaired) electrons. The van der Waals surface area contributed by atoms with E-state index in [0.29, 0.717) is 6.04 Å². The first kappa shape index (κ1) is 9.37. The fourth-order valence-electron chi connectivity index (χ4n) is 2.55. The molecule has 0 aromatic carbocycles. The lowest BCUT2D eigenvalue weighted by Gasteiger charge is -2.09. The minimum Gasteiger partial charge on any atom is -0.327 e. The summed E-state index contributed by atoms with van der Waals surface area (Å²) in [5.74, 6) is 0.830. The minimum absolute atomic E-state index is 0.396. The van der Waals surface area contributed by atoms with Gasteiger partial charge in [0.25, 0.3) is 0 Å². The third-order valence-corrected chi connectivity index (χ3v) is 5.72. The molecule has 2 aliphatic rings. The van der Waals surface area contributed by atoms with Crippen molar-refractivity contribution in [2.45, 2.75) is 31.7 Å². The molecule has 0 saturated heterocycles. The molecule has 0 amide bonds. The van der Waals surface area contributed by atoms with Crippen LogP contribution in [0.25, 0.3) is 0 Å². The van der Waals surface area contributed by atoms with Crippen LogP contribution in [-0.4, -0.2) is 6.04 Å². The van der Waals surface area contributed by atoms with Gasteiger partial charge in [-0.3, -0.25) is 0 Å². The Kier molecular flexibility index (Phi) is 2.05. The van der Waals surface area contributed by atoms with Gasteiger partial charge in [0.05, 0.1) is 0 Å². The van der Waals surface area contributed by atoms with Crippen molar-refractivity contribution >= 4 is 27.3 Å². The summed E-state index contributed by atoms with van der Waals surface area (Å²) in [4.78, 5) is 1.42. The summed E-state index contributed by atoms with van der Waals surface area (Å²) in [6, 6.07) is 2.51. The maximum atomic E-state index is 6.24. The second-order valence-corrected chi connectivity index (χ2v) is 6.59. The number of hydrogen-bond acceptors (Lipinski definition) is 2. The second-order valence-electron chi connectivity index (χ2n) is 4.73. The van der Waals surface area contributed by atoms with Gasteiger partial charge < -0.3 is 5.73 Å². The molecule has 1 aromatic rings. The van der Waals surface area contributed by atoms with Gasteiger partial charge in [0.1, 0.15) is 0 Å². The Labute approximate surface area is 96.8 Å². The molecule has 14 heavy (non-hydrogen) atoms. The summed E-state index contributed by atoms with van der Waals surface area (Å²) >= 11 is 5.38. The average molecular weight is 272 g/mol. The zero-order valence-electron chi connectivity index (χ0n) is 8.00. The third kappa shape index (κ3) is 1.46. The van der Waals surface area contributed by atoms with Crippen molar-refractivity contribution in [1.29, 1.82) is 0 Å². The van der Waals surface area contributed by atoms with Gasteiger partial charge in [-0.2, -0.15) is 0 Å². The molecule has 2 fully saturated rings. The second kappa shape index (κ2) is 3.06. The highest BCUT2D eigenvalue weighted by atomic mass is 79.9. The fraction of sp³-hybridized carbons (Fsp3) is 0.636. The van der Waals surface area contributed by atoms with Crippen molar-refractivity contribution < 1.29 is 0 Å². The van der Waals surface area contributed by atoms with E-state index in [-0.39, 0.29) is 0 Å². The molecule has 3 heteroatoms. The van der Waals surface area contributed by atoms with Crippen molar-refractivity contribution in [1.82, 2.24) is 0 Å². The first-order valence-corrected chi connectivity index (χ1v) is 6.86. The largest absolute Gasteiger partial charge is 0.327 e. The Hall–Kier alpha value is 0.140. The Bertz CT molecular complexity index is 356. The Morgan fingerprint density at radius 2 is 2.43 bits per heavy atom. The van der Waals surface area contributed by atoms with Crippen LogP contribution in [0.2, 0.25) is 0 Å². The maximum absolute atomic E-state index is 6.24. The lowest BCUT2D eigenvalue weighted by molar-refractivity contribution is 0.544. The standard InChI is InChI=1S/C11H14BrNS/c12-8-1-4-14-10(8)5-9(13)7-6-11(7)2-3-11/h1,4,7,9H,2-3,5-6,13H2. The molecule has 1 nitrogen and oxygen atoms in total. The number of nitrogens with two attached hydrogens (primary N) is 1. The molecular weight excluding hydrogens is 258 g/mol. The monoisotopic (exact) mass is 271 g/mol. The van der Waals surface area contributed by atoms with Crippen LogP contribution in [0.5, 0.6) is 0 Å². The first-order chi connectivity index (χ1) is 6.71. The van der Waals surface area contributed by atoms with Crippen molar-refractivity contribution in [2.75, 3.05) is 0 Å². The van der Waals surface area contributed by atoms with Gasteiger partial charge >= 0.3 is 0 Å². The number of halogens is 1. The van der Waals surface area contributed by atoms with Gasteiger partial charge in [-0.25, -0.2) is 0 Å². The van der Waals surface area contributed by atoms with E-state index in [1.165, 1.54) is 28.6 Å². The normalized spacial score (nSPS) is 29.1. The van der Waals surface area contributed by atoms with Crippen LogP contribution in [0.3, 0.4) is 0 Å². The summed E-state index contributed by atoms with van der Waals surface area (Å²) in [5.41, 5.74) is 6.98. The van der Waals surface area contributed by atoms with Crippen molar-refractivity contribution in [3.63, 3.8) is 0 Å². The Morgan fingerprint density at radius 3 is 2.93 bits per heavy atom. The smallest absolute Gasteiger partial charge is 0.0314 e. The topological polar surface area (TPSA) is 26.0 Å². The van der Waals surface area contributed by atoms with Gasteiger partial charge in [0.15, 0.2) is 0 Å². The third-order valence-electron chi connectivity index (χ3n) is 3.77. The van der Waals surface area contributed by atoms with Crippen LogP contribution in [0.1, 0.15) is 24.1 Å². The SMILES string of the molecule is NC(Cc1sccc1Br)C1CC12CC2. The Morgan fingerprint density at radius 1 is 1.64 bits per heavy atom. The molecule has 2 saturated carbocycles. The van der Waals surface area contributed by atoms with Crippen LogP contribution < -0.4 is 5.73 Å². The highest BCUT2D eigenvalue weighted by molar-refractivity contribution is 9.10. The minimum atomic E-state index is 0.396. The lowest BCUT2D eigenvalue weighted by atomic mass is 10.1. The van der Waals surface area contributed by atoms with Crippen LogP contribution >= 0.6 is 27.3 Å². The quantitative estimate of drug-likeness (QED) is 0.898. The van der Waals surface area contributed by atoms with Gasteiger partial charge in [-0.15, -0.1) is 11.3 Å². The molecule has 1 spiro atoms. The summed E-state index contributed by atoms with van der Waals surface area (Å²) in [5, 5.41) is 2.13. The number of hydrogen-bond donors (Lipinski definition) is 1. The number of rotatable bonds is 3. The van der Waals surface area contributed by atoms with E-state index in [0.717, 1.165) is 17.8 Å². The molecular formula is C11H14BrNS. The van der Waals surface area contributed by atoms with Gasteiger partial charge in [-0.05, 0) is 64.4 Å². The van der Waals surface area contributed by atoms with Crippen LogP contribution in [-0.2, 0) is 6.42 Å². The van der Waals surface area contributed by atoms with Crippen molar-refractivity contribution in [3.05, 3.63) is 20.8 Å². The zero-order chi connectivity index (χ0) is 9.76. The number of thiophene rings is 1. The predicted molar refractivity (Wildman–Crippen MR) is 63.5 cm³/mol. The van der Waals surface area contributed by atoms with Gasteiger partial charge in [-0.1, -0.05) is 0 Å². The molecule has 2 atom stereocenters. The summed E-state index contributed by atoms with van der Waals surface area (Å²) in [7, 11) is 0. The Balaban J connectivity index is 1.65. The van der Waals surface area contributed by atoms with Crippen LogP contribution in [0, 0.1) is 11.3 Å². The van der Waals surface area contributed by atoms with Crippen LogP contribution in [0.15, 0.2) is 15.9 Å². The maximum Gasteiger partial charge on any atom is 0.0314 e. The first-order valence-electron chi connectivity index (χ1n) is 5.19. The zero-order valence-corrected chi connectivity index (χ0v) is 10.4. The van der Waals surface area contributed by atoms with E-state index in [9.17, 15) is 0 Å². The molecule has 3 rings (SSSR count). The van der Waals surface area contributed by atoms with E-state index in [4.69, 9.17) is 5.73 Å². The molecule has 2 unspecified atom stereocenters. The van der Waals surface area contributed by atoms with E-state index in [1.54, 1.807) is 0 Å². The van der Waals surface area contributed by atoms with Crippen molar-refractivity contribution in [2.24, 2.45) is 17.1 Å². The van der Waals surface area contributed by atoms with E-state index >= 15 is 0 Å². The van der Waals surface area contributed by atoms with E-state index in [2.05, 4.69) is 27.4 Å². The van der Waals surface area contributed by atoms with Gasteiger partial charge in [0.2, 0.25) is 0 Å². The van der Waals surface area contributed by atoms with E-state index < -0.39 is 0 Å². The molecule has 0 aliphatic heterocycles. The van der Waals surface area contributed by atoms with Crippen molar-refractivity contribution in [3.8, 4) is 0 Å². The molecule has 76 valence electrons.